The van der Waals surface area contributed by atoms with Crippen LogP contribution in [0.3, 0.4) is 0 Å². The Hall–Kier alpha value is -4.42. The number of hydrogen-bond acceptors (Lipinski definition) is 7. The smallest absolute Gasteiger partial charge is 0.176 e. The molecule has 6 heterocycles. The maximum atomic E-state index is 4.30. The third-order valence-electron chi connectivity index (χ3n) is 5.87. The third-order valence-corrected chi connectivity index (χ3v) is 5.87. The molecule has 0 atom stereocenters. The molecule has 6 aromatic heterocycles. The molecule has 0 N–H and O–H groups in total. The number of aromatic nitrogens is 10. The number of anilines is 1. The monoisotopic (exact) mass is 715 g/mol. The molecule has 40 heavy (non-hydrogen) atoms. The predicted molar refractivity (Wildman–Crippen MR) is 153 cm³/mol. The first-order chi connectivity index (χ1) is 18.8. The van der Waals surface area contributed by atoms with E-state index in [0.29, 0.717) is 0 Å². The number of hydrogen-bond donors (Lipinski definition) is 0. The van der Waals surface area contributed by atoms with Crippen LogP contribution in [0.4, 0.5) is 5.69 Å². The number of rotatable bonds is 4. The number of aryl methyl sites for hydroxylation is 4. The maximum absolute atomic E-state index is 4.30. The fraction of sp³-hybridized carbons (Fsp3) is 0.214. The standard InChI is InChI=1S/C12H13N3.2C8H10N4.Os/c1-15(2)10-6-8-14-12(9-10)11-5-3-4-7-13-11;2*1-11-5-3-9-7(11)8-10-4-6-12(8)2;/h3-9H,1-2H3;2*3-6H,1-2H3;. The molecular weight excluding hydrogens is 681 g/mol. The molecule has 0 spiro atoms. The van der Waals surface area contributed by atoms with Crippen molar-refractivity contribution in [3.05, 3.63) is 92.3 Å². The van der Waals surface area contributed by atoms with E-state index in [0.717, 1.165) is 40.4 Å². The first-order valence-corrected chi connectivity index (χ1v) is 12.3. The largest absolute Gasteiger partial charge is 0.378 e. The molecule has 208 valence electrons. The molecule has 0 radical (unpaired) electrons. The van der Waals surface area contributed by atoms with Crippen molar-refractivity contribution in [1.29, 1.82) is 0 Å². The van der Waals surface area contributed by atoms with Crippen LogP contribution in [-0.2, 0) is 48.0 Å². The van der Waals surface area contributed by atoms with Gasteiger partial charge < -0.3 is 23.2 Å². The molecule has 0 aliphatic heterocycles. The van der Waals surface area contributed by atoms with Gasteiger partial charge in [-0.25, -0.2) is 19.9 Å². The fourth-order valence-corrected chi connectivity index (χ4v) is 3.68. The molecule has 0 aromatic carbocycles. The Morgan fingerprint density at radius 2 is 0.925 bits per heavy atom. The zero-order valence-corrected chi connectivity index (χ0v) is 26.0. The van der Waals surface area contributed by atoms with Gasteiger partial charge in [-0.1, -0.05) is 6.07 Å². The summed E-state index contributed by atoms with van der Waals surface area (Å²) < 4.78 is 7.79. The molecule has 0 unspecified atom stereocenters. The second-order valence-corrected chi connectivity index (χ2v) is 8.96. The van der Waals surface area contributed by atoms with Crippen molar-refractivity contribution in [2.75, 3.05) is 19.0 Å². The quantitative estimate of drug-likeness (QED) is 0.274. The van der Waals surface area contributed by atoms with Crippen LogP contribution in [0.15, 0.2) is 92.3 Å². The average Bonchev–Trinajstić information content (AvgIpc) is 3.75. The summed E-state index contributed by atoms with van der Waals surface area (Å²) in [6.45, 7) is 0. The van der Waals surface area contributed by atoms with E-state index in [1.807, 2.05) is 121 Å². The van der Waals surface area contributed by atoms with Crippen LogP contribution < -0.4 is 4.90 Å². The molecular formula is C28H33N11Os. The molecule has 0 saturated heterocycles. The molecule has 6 rings (SSSR count). The summed E-state index contributed by atoms with van der Waals surface area (Å²) in [6, 6.07) is 9.84. The Morgan fingerprint density at radius 3 is 1.25 bits per heavy atom. The van der Waals surface area contributed by atoms with Gasteiger partial charge >= 0.3 is 0 Å². The van der Waals surface area contributed by atoms with Gasteiger partial charge in [0.05, 0.1) is 11.4 Å². The van der Waals surface area contributed by atoms with Crippen LogP contribution in [0.2, 0.25) is 0 Å². The van der Waals surface area contributed by atoms with Crippen molar-refractivity contribution in [1.82, 2.24) is 48.2 Å². The van der Waals surface area contributed by atoms with Crippen LogP contribution in [0.1, 0.15) is 0 Å². The van der Waals surface area contributed by atoms with Crippen LogP contribution in [0.5, 0.6) is 0 Å². The molecule has 0 aliphatic carbocycles. The normalized spacial score (nSPS) is 10.1. The topological polar surface area (TPSA) is 100 Å². The van der Waals surface area contributed by atoms with Crippen molar-refractivity contribution < 1.29 is 19.8 Å². The van der Waals surface area contributed by atoms with Crippen molar-refractivity contribution in [3.63, 3.8) is 0 Å². The Kier molecular flexibility index (Phi) is 10.6. The van der Waals surface area contributed by atoms with E-state index in [1.54, 1.807) is 37.2 Å². The summed E-state index contributed by atoms with van der Waals surface area (Å²) >= 11 is 0. The van der Waals surface area contributed by atoms with Crippen molar-refractivity contribution in [2.24, 2.45) is 28.2 Å². The summed E-state index contributed by atoms with van der Waals surface area (Å²) in [5.41, 5.74) is 2.94. The molecule has 6 aromatic rings. The van der Waals surface area contributed by atoms with Crippen molar-refractivity contribution >= 4 is 5.69 Å². The van der Waals surface area contributed by atoms with Gasteiger partial charge in [0.25, 0.3) is 0 Å². The minimum atomic E-state index is 0. The Bertz CT molecular complexity index is 1440. The maximum Gasteiger partial charge on any atom is 0.176 e. The summed E-state index contributed by atoms with van der Waals surface area (Å²) in [4.78, 5) is 27.4. The Labute approximate surface area is 247 Å². The average molecular weight is 714 g/mol. The first kappa shape index (κ1) is 30.1. The van der Waals surface area contributed by atoms with Gasteiger partial charge in [-0.2, -0.15) is 0 Å². The van der Waals surface area contributed by atoms with E-state index >= 15 is 0 Å². The van der Waals surface area contributed by atoms with Crippen molar-refractivity contribution in [2.45, 2.75) is 0 Å². The minimum Gasteiger partial charge on any atom is -0.378 e. The number of pyridine rings is 2. The SMILES string of the molecule is CN(C)c1ccnc(-c2ccccn2)c1.Cn1ccnc1-c1nccn1C.Cn1ccnc1-c1nccn1C.[Os]. The van der Waals surface area contributed by atoms with Gasteiger partial charge in [0.15, 0.2) is 23.3 Å². The number of imidazole rings is 4. The molecule has 0 aliphatic rings. The second-order valence-electron chi connectivity index (χ2n) is 8.96. The molecule has 0 saturated carbocycles. The van der Waals surface area contributed by atoms with Gasteiger partial charge in [-0.3, -0.25) is 9.97 Å². The van der Waals surface area contributed by atoms with Gasteiger partial charge in [0.2, 0.25) is 0 Å². The summed E-state index contributed by atoms with van der Waals surface area (Å²) in [7, 11) is 11.8. The summed E-state index contributed by atoms with van der Waals surface area (Å²) in [5.74, 6) is 3.56. The zero-order chi connectivity index (χ0) is 27.8. The van der Waals surface area contributed by atoms with Gasteiger partial charge in [-0.15, -0.1) is 0 Å². The summed E-state index contributed by atoms with van der Waals surface area (Å²) in [5, 5.41) is 0. The van der Waals surface area contributed by atoms with E-state index in [9.17, 15) is 0 Å². The molecule has 0 amide bonds. The number of nitrogens with zero attached hydrogens (tertiary/aromatic N) is 11. The van der Waals surface area contributed by atoms with Crippen LogP contribution >= 0.6 is 0 Å². The molecule has 11 nitrogen and oxygen atoms in total. The Morgan fingerprint density at radius 1 is 0.500 bits per heavy atom. The molecule has 0 bridgehead atoms. The van der Waals surface area contributed by atoms with E-state index in [-0.39, 0.29) is 19.8 Å². The fourth-order valence-electron chi connectivity index (χ4n) is 3.68. The predicted octanol–water partition coefficient (Wildman–Crippen LogP) is 3.85. The third kappa shape index (κ3) is 7.36. The molecule has 12 heteroatoms. The van der Waals surface area contributed by atoms with Gasteiger partial charge in [-0.05, 0) is 24.3 Å². The van der Waals surface area contributed by atoms with E-state index in [4.69, 9.17) is 0 Å². The minimum absolute atomic E-state index is 0. The zero-order valence-electron chi connectivity index (χ0n) is 23.4. The second kappa shape index (κ2) is 14.1. The van der Waals surface area contributed by atoms with Gasteiger partial charge in [0.1, 0.15) is 0 Å². The molecule has 0 fully saturated rings. The van der Waals surface area contributed by atoms with Crippen LogP contribution in [0.25, 0.3) is 34.7 Å². The van der Waals surface area contributed by atoms with Crippen molar-refractivity contribution in [3.8, 4) is 34.7 Å². The van der Waals surface area contributed by atoms with Crippen LogP contribution in [-0.4, -0.2) is 62.3 Å². The first-order valence-electron chi connectivity index (χ1n) is 12.3. The van der Waals surface area contributed by atoms with Gasteiger partial charge in [0, 0.05) is 130 Å². The van der Waals surface area contributed by atoms with E-state index < -0.39 is 0 Å². The Balaban J connectivity index is 0.000000165. The van der Waals surface area contributed by atoms with Crippen LogP contribution in [0, 0.1) is 0 Å². The summed E-state index contributed by atoms with van der Waals surface area (Å²) in [6.07, 6.45) is 18.3. The van der Waals surface area contributed by atoms with E-state index in [2.05, 4.69) is 29.9 Å². The van der Waals surface area contributed by atoms with E-state index in [1.165, 1.54) is 0 Å².